The molecule has 2 N–H and O–H groups in total. The minimum Gasteiger partial charge on any atom is -0.351 e. The van der Waals surface area contributed by atoms with E-state index in [-0.39, 0.29) is 23.1 Å². The predicted octanol–water partition coefficient (Wildman–Crippen LogP) is 5.10. The normalized spacial score (nSPS) is 21.7. The molecule has 0 bridgehead atoms. The molecule has 0 radical (unpaired) electrons. The van der Waals surface area contributed by atoms with E-state index in [4.69, 9.17) is 0 Å². The third kappa shape index (κ3) is 6.13. The van der Waals surface area contributed by atoms with Crippen LogP contribution < -0.4 is 10.6 Å². The summed E-state index contributed by atoms with van der Waals surface area (Å²) >= 11 is 0.988. The molecule has 1 aromatic heterocycles. The van der Waals surface area contributed by atoms with Gasteiger partial charge in [0.1, 0.15) is 5.82 Å². The Balaban J connectivity index is 1.08. The highest BCUT2D eigenvalue weighted by Gasteiger charge is 2.26. The number of fused-ring (bicyclic) bond motifs is 1. The fraction of sp³-hybridized carbons (Fsp3) is 0.333. The summed E-state index contributed by atoms with van der Waals surface area (Å²) in [7, 11) is 0. The molecular formula is C27H27FN4O2S. The third-order valence-corrected chi connectivity index (χ3v) is 7.51. The van der Waals surface area contributed by atoms with E-state index in [9.17, 15) is 14.0 Å². The molecule has 1 saturated carbocycles. The van der Waals surface area contributed by atoms with E-state index in [1.807, 2.05) is 12.1 Å². The van der Waals surface area contributed by atoms with Crippen molar-refractivity contribution in [3.8, 4) is 0 Å². The zero-order valence-corrected chi connectivity index (χ0v) is 20.1. The van der Waals surface area contributed by atoms with Gasteiger partial charge in [-0.05, 0) is 96.6 Å². The first-order chi connectivity index (χ1) is 17.0. The summed E-state index contributed by atoms with van der Waals surface area (Å²) in [5.74, 6) is 0.833. The predicted molar refractivity (Wildman–Crippen MR) is 137 cm³/mol. The van der Waals surface area contributed by atoms with Crippen LogP contribution in [-0.4, -0.2) is 33.5 Å². The molecule has 1 saturated heterocycles. The summed E-state index contributed by atoms with van der Waals surface area (Å²) < 4.78 is 13.4. The molecule has 1 aliphatic heterocycles. The van der Waals surface area contributed by atoms with Gasteiger partial charge in [0, 0.05) is 18.8 Å². The fourth-order valence-corrected chi connectivity index (χ4v) is 5.51. The second kappa shape index (κ2) is 10.7. The van der Waals surface area contributed by atoms with Gasteiger partial charge in [0.05, 0.1) is 17.0 Å². The Hall–Kier alpha value is -3.10. The van der Waals surface area contributed by atoms with Crippen molar-refractivity contribution in [1.29, 1.82) is 0 Å². The number of rotatable bonds is 7. The van der Waals surface area contributed by atoms with Gasteiger partial charge in [0.25, 0.3) is 0 Å². The van der Waals surface area contributed by atoms with Crippen molar-refractivity contribution >= 4 is 45.5 Å². The van der Waals surface area contributed by atoms with E-state index in [1.54, 1.807) is 24.4 Å². The van der Waals surface area contributed by atoms with Crippen LogP contribution in [-0.2, 0) is 16.1 Å². The van der Waals surface area contributed by atoms with Gasteiger partial charge in [-0.25, -0.2) is 14.4 Å². The summed E-state index contributed by atoms with van der Waals surface area (Å²) in [5, 5.41) is 8.88. The first kappa shape index (κ1) is 23.6. The molecule has 5 rings (SSSR count). The molecule has 35 heavy (non-hydrogen) atoms. The van der Waals surface area contributed by atoms with Gasteiger partial charge in [0.15, 0.2) is 5.78 Å². The molecule has 0 atom stereocenters. The lowest BCUT2D eigenvalue weighted by atomic mass is 9.86. The number of benzene rings is 2. The minimum atomic E-state index is -0.206. The number of anilines is 1. The van der Waals surface area contributed by atoms with Gasteiger partial charge in [-0.1, -0.05) is 18.2 Å². The number of carbonyl (C=O) groups excluding carboxylic acids is 2. The molecule has 2 aliphatic rings. The third-order valence-electron chi connectivity index (χ3n) is 6.57. The Morgan fingerprint density at radius 2 is 1.83 bits per heavy atom. The Morgan fingerprint density at radius 3 is 2.63 bits per heavy atom. The number of hydrogen-bond donors (Lipinski definition) is 2. The largest absolute Gasteiger partial charge is 0.351 e. The first-order valence-electron chi connectivity index (χ1n) is 12.0. The maximum atomic E-state index is 13.4. The highest BCUT2D eigenvalue weighted by molar-refractivity contribution is 8.18. The number of aromatic nitrogens is 2. The second-order valence-electron chi connectivity index (χ2n) is 9.21. The monoisotopic (exact) mass is 490 g/mol. The van der Waals surface area contributed by atoms with E-state index in [0.717, 1.165) is 61.3 Å². The molecule has 2 fully saturated rings. The van der Waals surface area contributed by atoms with Crippen molar-refractivity contribution in [3.05, 3.63) is 70.6 Å². The van der Waals surface area contributed by atoms with Crippen LogP contribution in [0.1, 0.15) is 43.4 Å². The SMILES string of the molecule is O=C1CC(=O)/C(=C/c2ccnc(N[C@H]3CC[C@H](CNCc4ccc5cc(F)ccc5c4)CC3)n2)S1. The van der Waals surface area contributed by atoms with Crippen LogP contribution in [0.15, 0.2) is 53.6 Å². The molecule has 6 nitrogen and oxygen atoms in total. The summed E-state index contributed by atoms with van der Waals surface area (Å²) in [5.41, 5.74) is 1.83. The lowest BCUT2D eigenvalue weighted by molar-refractivity contribution is -0.119. The number of carbonyl (C=O) groups is 2. The van der Waals surface area contributed by atoms with Crippen molar-refractivity contribution in [3.63, 3.8) is 0 Å². The topological polar surface area (TPSA) is 84.0 Å². The zero-order valence-electron chi connectivity index (χ0n) is 19.3. The molecule has 0 unspecified atom stereocenters. The van der Waals surface area contributed by atoms with Crippen molar-refractivity contribution in [2.45, 2.75) is 44.7 Å². The number of nitrogens with zero attached hydrogens (tertiary/aromatic N) is 2. The van der Waals surface area contributed by atoms with E-state index < -0.39 is 0 Å². The number of allylic oxidation sites excluding steroid dienone is 1. The smallest absolute Gasteiger partial charge is 0.223 e. The van der Waals surface area contributed by atoms with Crippen LogP contribution in [0.25, 0.3) is 16.8 Å². The quantitative estimate of drug-likeness (QED) is 0.352. The molecule has 180 valence electrons. The number of ketones is 1. The Morgan fingerprint density at radius 1 is 1.03 bits per heavy atom. The summed E-state index contributed by atoms with van der Waals surface area (Å²) in [6.07, 6.45) is 7.65. The van der Waals surface area contributed by atoms with Crippen LogP contribution in [0, 0.1) is 11.7 Å². The van der Waals surface area contributed by atoms with E-state index in [0.29, 0.717) is 28.5 Å². The summed E-state index contributed by atoms with van der Waals surface area (Å²) in [6, 6.07) is 13.1. The van der Waals surface area contributed by atoms with Gasteiger partial charge in [-0.3, -0.25) is 9.59 Å². The Kier molecular flexibility index (Phi) is 7.20. The van der Waals surface area contributed by atoms with Crippen molar-refractivity contribution in [2.24, 2.45) is 5.92 Å². The molecule has 1 aliphatic carbocycles. The van der Waals surface area contributed by atoms with E-state index in [1.165, 1.54) is 11.6 Å². The molecule has 3 aromatic rings. The maximum Gasteiger partial charge on any atom is 0.223 e. The van der Waals surface area contributed by atoms with Crippen LogP contribution >= 0.6 is 11.8 Å². The molecule has 2 aromatic carbocycles. The summed E-state index contributed by atoms with van der Waals surface area (Å²) in [4.78, 5) is 32.6. The van der Waals surface area contributed by atoms with Gasteiger partial charge in [-0.2, -0.15) is 0 Å². The highest BCUT2D eigenvalue weighted by atomic mass is 32.2. The lowest BCUT2D eigenvalue weighted by Crippen LogP contribution is -2.31. The number of nitrogens with one attached hydrogen (secondary N) is 2. The van der Waals surface area contributed by atoms with Crippen molar-refractivity contribution < 1.29 is 14.0 Å². The van der Waals surface area contributed by atoms with Crippen LogP contribution in [0.3, 0.4) is 0 Å². The van der Waals surface area contributed by atoms with Crippen LogP contribution in [0.5, 0.6) is 0 Å². The van der Waals surface area contributed by atoms with Crippen molar-refractivity contribution in [1.82, 2.24) is 15.3 Å². The first-order valence-corrected chi connectivity index (χ1v) is 12.8. The zero-order chi connectivity index (χ0) is 24.2. The molecule has 0 spiro atoms. The number of thioether (sulfide) groups is 1. The summed E-state index contributed by atoms with van der Waals surface area (Å²) in [6.45, 7) is 1.77. The van der Waals surface area contributed by atoms with E-state index in [2.05, 4.69) is 32.7 Å². The molecule has 8 heteroatoms. The van der Waals surface area contributed by atoms with Crippen molar-refractivity contribution in [2.75, 3.05) is 11.9 Å². The highest BCUT2D eigenvalue weighted by Crippen LogP contribution is 2.30. The maximum absolute atomic E-state index is 13.4. The second-order valence-corrected chi connectivity index (χ2v) is 10.3. The Labute approximate surface area is 207 Å². The van der Waals surface area contributed by atoms with Crippen LogP contribution in [0.2, 0.25) is 0 Å². The van der Waals surface area contributed by atoms with Gasteiger partial charge >= 0.3 is 0 Å². The average Bonchev–Trinajstić information content (AvgIpc) is 3.16. The van der Waals surface area contributed by atoms with Gasteiger partial charge in [-0.15, -0.1) is 0 Å². The molecular weight excluding hydrogens is 463 g/mol. The average molecular weight is 491 g/mol. The number of halogens is 1. The minimum absolute atomic E-state index is 0.0335. The van der Waals surface area contributed by atoms with Crippen LogP contribution in [0.4, 0.5) is 10.3 Å². The molecule has 2 heterocycles. The standard InChI is InChI=1S/C27H27FN4O2S/c28-21-6-5-19-11-18(1-4-20(19)12-21)16-29-15-17-2-7-22(8-3-17)31-27-30-10-9-23(32-27)13-25-24(33)14-26(34)35-25/h1,4-6,9-13,17,22,29H,2-3,7-8,14-16H2,(H,30,31,32)/b25-13-/t17-,22-. The number of Topliss-reactive ketones (excluding diaryl/α,β-unsaturated/α-hetero) is 1. The lowest BCUT2D eigenvalue weighted by Gasteiger charge is -2.29. The van der Waals surface area contributed by atoms with Gasteiger partial charge < -0.3 is 10.6 Å². The molecule has 0 amide bonds. The number of hydrogen-bond acceptors (Lipinski definition) is 7. The fourth-order valence-electron chi connectivity index (χ4n) is 4.69. The van der Waals surface area contributed by atoms with Gasteiger partial charge in [0.2, 0.25) is 11.1 Å². The Bertz CT molecular complexity index is 1290. The van der Waals surface area contributed by atoms with E-state index >= 15 is 0 Å².